The number of fused-ring (bicyclic) bond motifs is 5. The van der Waals surface area contributed by atoms with E-state index in [1.54, 1.807) is 6.92 Å². The molecule has 0 spiro atoms. The second-order valence-electron chi connectivity index (χ2n) is 5.80. The van der Waals surface area contributed by atoms with Crippen LogP contribution in [0, 0.1) is 5.92 Å². The van der Waals surface area contributed by atoms with Crippen molar-refractivity contribution < 1.29 is 23.8 Å². The number of ether oxygens (including phenoxy) is 3. The van der Waals surface area contributed by atoms with E-state index in [2.05, 4.69) is 15.9 Å². The van der Waals surface area contributed by atoms with Crippen LogP contribution in [0.1, 0.15) is 31.2 Å². The summed E-state index contributed by atoms with van der Waals surface area (Å²) in [6.07, 6.45) is 0.258. The van der Waals surface area contributed by atoms with E-state index < -0.39 is 12.2 Å². The third-order valence-corrected chi connectivity index (χ3v) is 5.00. The molecule has 5 nitrogen and oxygen atoms in total. The third-order valence-electron chi connectivity index (χ3n) is 4.51. The lowest BCUT2D eigenvalue weighted by Gasteiger charge is -2.42. The quantitative estimate of drug-likeness (QED) is 0.740. The zero-order valence-corrected chi connectivity index (χ0v) is 14.1. The maximum atomic E-state index is 12.5. The number of benzene rings is 1. The van der Waals surface area contributed by atoms with Crippen LogP contribution in [-0.4, -0.2) is 24.6 Å². The first kappa shape index (κ1) is 14.8. The minimum atomic E-state index is -0.739. The predicted octanol–water partition coefficient (Wildman–Crippen LogP) is 3.08. The second-order valence-corrected chi connectivity index (χ2v) is 6.72. The van der Waals surface area contributed by atoms with Gasteiger partial charge in [-0.2, -0.15) is 0 Å². The summed E-state index contributed by atoms with van der Waals surface area (Å²) in [7, 11) is 0. The molecule has 3 aliphatic rings. The van der Waals surface area contributed by atoms with Crippen LogP contribution in [0.2, 0.25) is 0 Å². The van der Waals surface area contributed by atoms with Gasteiger partial charge in [-0.05, 0) is 25.1 Å². The molecule has 0 amide bonds. The van der Waals surface area contributed by atoms with E-state index in [0.29, 0.717) is 29.9 Å². The van der Waals surface area contributed by atoms with Gasteiger partial charge in [-0.25, -0.2) is 0 Å². The van der Waals surface area contributed by atoms with Gasteiger partial charge in [0.1, 0.15) is 17.4 Å². The Morgan fingerprint density at radius 1 is 1.35 bits per heavy atom. The van der Waals surface area contributed by atoms with Gasteiger partial charge in [0.15, 0.2) is 5.78 Å². The molecular formula is C17H15BrO5. The number of halogens is 1. The summed E-state index contributed by atoms with van der Waals surface area (Å²) in [5, 5.41) is 0. The number of allylic oxidation sites excluding steroid dienone is 2. The van der Waals surface area contributed by atoms with Crippen LogP contribution < -0.4 is 4.74 Å². The van der Waals surface area contributed by atoms with E-state index in [1.807, 2.05) is 18.2 Å². The smallest absolute Gasteiger partial charge is 0.317 e. The van der Waals surface area contributed by atoms with Crippen LogP contribution in [0.3, 0.4) is 0 Å². The molecule has 0 radical (unpaired) electrons. The van der Waals surface area contributed by atoms with Crippen molar-refractivity contribution in [3.8, 4) is 5.75 Å². The Morgan fingerprint density at radius 2 is 2.17 bits per heavy atom. The van der Waals surface area contributed by atoms with Crippen molar-refractivity contribution in [2.75, 3.05) is 6.61 Å². The van der Waals surface area contributed by atoms with E-state index in [9.17, 15) is 9.59 Å². The minimum Gasteiger partial charge on any atom is -0.466 e. The highest BCUT2D eigenvalue weighted by molar-refractivity contribution is 9.10. The summed E-state index contributed by atoms with van der Waals surface area (Å²) in [6, 6.07) is 5.60. The number of carbonyl (C=O) groups excluding carboxylic acids is 2. The number of rotatable bonds is 2. The van der Waals surface area contributed by atoms with Crippen molar-refractivity contribution in [3.05, 3.63) is 39.6 Å². The Bertz CT molecular complexity index is 738. The lowest BCUT2D eigenvalue weighted by molar-refractivity contribution is -0.171. The lowest BCUT2D eigenvalue weighted by Crippen LogP contribution is -2.47. The number of carbonyl (C=O) groups is 2. The van der Waals surface area contributed by atoms with Gasteiger partial charge in [-0.1, -0.05) is 15.9 Å². The highest BCUT2D eigenvalue weighted by Crippen LogP contribution is 2.52. The molecule has 0 fully saturated rings. The van der Waals surface area contributed by atoms with Crippen LogP contribution in [0.5, 0.6) is 5.75 Å². The van der Waals surface area contributed by atoms with Crippen molar-refractivity contribution in [3.63, 3.8) is 0 Å². The van der Waals surface area contributed by atoms with Gasteiger partial charge in [0, 0.05) is 34.4 Å². The first-order valence-electron chi connectivity index (χ1n) is 7.65. The molecule has 6 heteroatoms. The fourth-order valence-electron chi connectivity index (χ4n) is 3.60. The zero-order valence-electron chi connectivity index (χ0n) is 12.5. The summed E-state index contributed by atoms with van der Waals surface area (Å²) < 4.78 is 17.8. The molecule has 1 aliphatic carbocycles. The van der Waals surface area contributed by atoms with E-state index in [-0.39, 0.29) is 24.3 Å². The molecule has 0 N–H and O–H groups in total. The average molecular weight is 379 g/mol. The molecule has 1 aromatic carbocycles. The molecule has 3 unspecified atom stereocenters. The molecule has 4 rings (SSSR count). The SMILES string of the molecule is CCOC(=O)C1C2OC3=C(C(=O)CC3)C1c1cc(Br)ccc1O2. The van der Waals surface area contributed by atoms with Crippen LogP contribution >= 0.6 is 15.9 Å². The normalized spacial score (nSPS) is 27.7. The fraction of sp³-hybridized carbons (Fsp3) is 0.412. The maximum absolute atomic E-state index is 12.5. The maximum Gasteiger partial charge on any atom is 0.317 e. The Kier molecular flexibility index (Phi) is 3.44. The van der Waals surface area contributed by atoms with Gasteiger partial charge in [0.25, 0.3) is 6.29 Å². The number of Topliss-reactive ketones (excluding diaryl/α,β-unsaturated/α-hetero) is 1. The molecule has 120 valence electrons. The number of esters is 1. The summed E-state index contributed by atoms with van der Waals surface area (Å²) in [6.45, 7) is 2.04. The van der Waals surface area contributed by atoms with Gasteiger partial charge in [0.2, 0.25) is 0 Å². The van der Waals surface area contributed by atoms with Gasteiger partial charge < -0.3 is 14.2 Å². The average Bonchev–Trinajstić information content (AvgIpc) is 2.88. The molecule has 0 saturated heterocycles. The molecule has 1 aromatic rings. The second kappa shape index (κ2) is 5.37. The summed E-state index contributed by atoms with van der Waals surface area (Å²) in [4.78, 5) is 24.9. The van der Waals surface area contributed by atoms with Crippen molar-refractivity contribution in [1.29, 1.82) is 0 Å². The summed E-state index contributed by atoms with van der Waals surface area (Å²) in [5.74, 6) is -0.0484. The first-order valence-corrected chi connectivity index (χ1v) is 8.45. The lowest BCUT2D eigenvalue weighted by atomic mass is 9.75. The standard InChI is InChI=1S/C17H15BrO5/c1-2-21-16(20)15-13-9-7-8(18)3-5-11(9)22-17(15)23-12-6-4-10(19)14(12)13/h3,5,7,13,15,17H,2,4,6H2,1H3. The topological polar surface area (TPSA) is 61.8 Å². The highest BCUT2D eigenvalue weighted by Gasteiger charge is 2.53. The summed E-state index contributed by atoms with van der Waals surface area (Å²) >= 11 is 3.45. The van der Waals surface area contributed by atoms with E-state index in [0.717, 1.165) is 10.0 Å². The number of ketones is 1. The van der Waals surface area contributed by atoms with Crippen LogP contribution in [-0.2, 0) is 19.1 Å². The van der Waals surface area contributed by atoms with Crippen LogP contribution in [0.4, 0.5) is 0 Å². The van der Waals surface area contributed by atoms with Crippen molar-refractivity contribution in [2.24, 2.45) is 5.92 Å². The van der Waals surface area contributed by atoms with E-state index in [1.165, 1.54) is 0 Å². The fourth-order valence-corrected chi connectivity index (χ4v) is 3.98. The molecule has 0 saturated carbocycles. The van der Waals surface area contributed by atoms with E-state index in [4.69, 9.17) is 14.2 Å². The zero-order chi connectivity index (χ0) is 16.1. The van der Waals surface area contributed by atoms with Crippen molar-refractivity contribution >= 4 is 27.7 Å². The van der Waals surface area contributed by atoms with Gasteiger partial charge in [-0.3, -0.25) is 9.59 Å². The third kappa shape index (κ3) is 2.19. The van der Waals surface area contributed by atoms with Crippen LogP contribution in [0.25, 0.3) is 0 Å². The number of hydrogen-bond donors (Lipinski definition) is 0. The van der Waals surface area contributed by atoms with Gasteiger partial charge in [0.05, 0.1) is 6.61 Å². The largest absolute Gasteiger partial charge is 0.466 e. The van der Waals surface area contributed by atoms with E-state index >= 15 is 0 Å². The Balaban J connectivity index is 1.88. The van der Waals surface area contributed by atoms with Gasteiger partial charge >= 0.3 is 5.97 Å². The first-order chi connectivity index (χ1) is 11.1. The van der Waals surface area contributed by atoms with Gasteiger partial charge in [-0.15, -0.1) is 0 Å². The predicted molar refractivity (Wildman–Crippen MR) is 83.8 cm³/mol. The van der Waals surface area contributed by atoms with Crippen molar-refractivity contribution in [2.45, 2.75) is 32.0 Å². The molecule has 2 aliphatic heterocycles. The Hall–Kier alpha value is -1.82. The monoisotopic (exact) mass is 378 g/mol. The molecule has 2 heterocycles. The van der Waals surface area contributed by atoms with Crippen LogP contribution in [0.15, 0.2) is 34.0 Å². The molecule has 23 heavy (non-hydrogen) atoms. The Labute approximate surface area is 141 Å². The molecule has 0 aromatic heterocycles. The minimum absolute atomic E-state index is 0.0468. The molecular weight excluding hydrogens is 364 g/mol. The number of hydrogen-bond acceptors (Lipinski definition) is 5. The summed E-state index contributed by atoms with van der Waals surface area (Å²) in [5.41, 5.74) is 1.45. The molecule has 2 bridgehead atoms. The highest BCUT2D eigenvalue weighted by atomic mass is 79.9. The Morgan fingerprint density at radius 3 is 2.96 bits per heavy atom. The molecule has 3 atom stereocenters. The van der Waals surface area contributed by atoms with Crippen molar-refractivity contribution in [1.82, 2.24) is 0 Å².